The van der Waals surface area contributed by atoms with Crippen LogP contribution in [0.4, 0.5) is 23.1 Å². The van der Waals surface area contributed by atoms with Crippen LogP contribution >= 0.6 is 0 Å². The van der Waals surface area contributed by atoms with E-state index >= 15 is 0 Å². The summed E-state index contributed by atoms with van der Waals surface area (Å²) in [4.78, 5) is 11.6. The van der Waals surface area contributed by atoms with E-state index in [1.165, 1.54) is 6.92 Å². The Kier molecular flexibility index (Phi) is 8.77. The van der Waals surface area contributed by atoms with Gasteiger partial charge in [-0.05, 0) is 64.1 Å². The average molecular weight is 519 g/mol. The van der Waals surface area contributed by atoms with Gasteiger partial charge in [0.15, 0.2) is 5.65 Å². The first-order valence-corrected chi connectivity index (χ1v) is 12.9. The number of benzene rings is 1. The summed E-state index contributed by atoms with van der Waals surface area (Å²) in [6.45, 7) is 11.8. The van der Waals surface area contributed by atoms with Gasteiger partial charge < -0.3 is 31.1 Å². The molecule has 1 saturated heterocycles. The van der Waals surface area contributed by atoms with Crippen molar-refractivity contribution in [2.75, 3.05) is 48.3 Å². The molecule has 0 saturated carbocycles. The largest absolute Gasteiger partial charge is 0.394 e. The normalized spacial score (nSPS) is 14.5. The van der Waals surface area contributed by atoms with Gasteiger partial charge in [0, 0.05) is 43.0 Å². The summed E-state index contributed by atoms with van der Waals surface area (Å²) in [6, 6.07) is 18.5. The molecule has 3 aromatic heterocycles. The molecule has 4 aromatic rings. The van der Waals surface area contributed by atoms with E-state index in [-0.39, 0.29) is 12.1 Å². The van der Waals surface area contributed by atoms with Crippen molar-refractivity contribution in [1.82, 2.24) is 24.9 Å². The Morgan fingerprint density at radius 1 is 1.05 bits per heavy atom. The molecular weight excluding hydrogens is 480 g/mol. The smallest absolute Gasteiger partial charge is 0.248 e. The summed E-state index contributed by atoms with van der Waals surface area (Å²) in [5.41, 5.74) is 5.03. The number of pyridine rings is 2. The Hall–Kier alpha value is -3.73. The van der Waals surface area contributed by atoms with Gasteiger partial charge in [-0.2, -0.15) is 4.98 Å². The summed E-state index contributed by atoms with van der Waals surface area (Å²) in [6.07, 6.45) is 1.35. The third-order valence-corrected chi connectivity index (χ3v) is 5.77. The van der Waals surface area contributed by atoms with Crippen LogP contribution in [0.25, 0.3) is 16.9 Å². The maximum absolute atomic E-state index is 8.11. The fourth-order valence-electron chi connectivity index (χ4n) is 4.05. The van der Waals surface area contributed by atoms with Gasteiger partial charge in [0.05, 0.1) is 30.3 Å². The quantitative estimate of drug-likeness (QED) is 0.261. The standard InChI is InChI=1S/C25H30N8.C3H8O2/c1-25(2,3)30-19-7-4-6-18(16-19)21-8-5-9-23-29-24(31-33(21)23)28-22-11-10-20(17-27-22)32-14-12-26-13-15-32;1-3(5)2-4/h4-11,16-17,26,30H,12-15H2,1-3H3,(H,27,28,31);3-5H,2H2,1H3. The monoisotopic (exact) mass is 518 g/mol. The van der Waals surface area contributed by atoms with E-state index in [4.69, 9.17) is 15.3 Å². The number of aliphatic hydroxyl groups excluding tert-OH is 2. The van der Waals surface area contributed by atoms with Gasteiger partial charge in [-0.3, -0.25) is 0 Å². The van der Waals surface area contributed by atoms with Gasteiger partial charge in [-0.25, -0.2) is 9.50 Å². The fourth-order valence-corrected chi connectivity index (χ4v) is 4.05. The molecule has 1 aromatic carbocycles. The number of aliphatic hydroxyl groups is 2. The van der Waals surface area contributed by atoms with Crippen molar-refractivity contribution in [3.8, 4) is 11.3 Å². The van der Waals surface area contributed by atoms with Crippen LogP contribution in [0.15, 0.2) is 60.8 Å². The second kappa shape index (κ2) is 12.2. The fraction of sp³-hybridized carbons (Fsp3) is 0.393. The number of piperazine rings is 1. The molecule has 1 aliphatic heterocycles. The number of aromatic nitrogens is 4. The van der Waals surface area contributed by atoms with Gasteiger partial charge in [-0.15, -0.1) is 5.10 Å². The molecule has 5 rings (SSSR count). The Bertz CT molecular complexity index is 1310. The first-order chi connectivity index (χ1) is 18.2. The number of fused-ring (bicyclic) bond motifs is 1. The molecule has 10 nitrogen and oxygen atoms in total. The van der Waals surface area contributed by atoms with Crippen LogP contribution < -0.4 is 20.9 Å². The maximum atomic E-state index is 8.11. The molecule has 1 unspecified atom stereocenters. The number of hydrogen-bond donors (Lipinski definition) is 5. The van der Waals surface area contributed by atoms with Crippen LogP contribution in [0.1, 0.15) is 27.7 Å². The molecule has 0 radical (unpaired) electrons. The molecule has 0 aliphatic carbocycles. The lowest BCUT2D eigenvalue weighted by molar-refractivity contribution is 0.110. The van der Waals surface area contributed by atoms with Crippen molar-refractivity contribution >= 4 is 28.8 Å². The highest BCUT2D eigenvalue weighted by Gasteiger charge is 2.14. The molecule has 0 amide bonds. The minimum atomic E-state index is -0.560. The second-order valence-corrected chi connectivity index (χ2v) is 10.4. The summed E-state index contributed by atoms with van der Waals surface area (Å²) in [5, 5.41) is 30.9. The van der Waals surface area contributed by atoms with Gasteiger partial charge in [-0.1, -0.05) is 18.2 Å². The van der Waals surface area contributed by atoms with Crippen LogP contribution in [-0.4, -0.2) is 74.2 Å². The van der Waals surface area contributed by atoms with Gasteiger partial charge in [0.25, 0.3) is 0 Å². The molecule has 202 valence electrons. The van der Waals surface area contributed by atoms with E-state index in [1.54, 1.807) is 0 Å². The molecule has 0 spiro atoms. The molecule has 1 aliphatic rings. The third kappa shape index (κ3) is 7.41. The van der Waals surface area contributed by atoms with Crippen LogP contribution in [0.3, 0.4) is 0 Å². The number of nitrogens with one attached hydrogen (secondary N) is 3. The molecule has 10 heteroatoms. The number of hydrogen-bond acceptors (Lipinski definition) is 9. The van der Waals surface area contributed by atoms with Gasteiger partial charge in [0.2, 0.25) is 5.95 Å². The Morgan fingerprint density at radius 2 is 1.79 bits per heavy atom. The Labute approximate surface area is 223 Å². The third-order valence-electron chi connectivity index (χ3n) is 5.77. The van der Waals surface area contributed by atoms with E-state index in [0.717, 1.165) is 60.3 Å². The molecular formula is C28H38N8O2. The number of anilines is 4. The maximum Gasteiger partial charge on any atom is 0.248 e. The summed E-state index contributed by atoms with van der Waals surface area (Å²) in [7, 11) is 0. The predicted molar refractivity (Wildman–Crippen MR) is 153 cm³/mol. The van der Waals surface area contributed by atoms with E-state index in [9.17, 15) is 0 Å². The summed E-state index contributed by atoms with van der Waals surface area (Å²) < 4.78 is 1.87. The van der Waals surface area contributed by atoms with E-state index in [2.05, 4.69) is 88.0 Å². The second-order valence-electron chi connectivity index (χ2n) is 10.4. The number of nitrogens with zero attached hydrogens (tertiary/aromatic N) is 5. The van der Waals surface area contributed by atoms with Crippen molar-refractivity contribution in [3.63, 3.8) is 0 Å². The van der Waals surface area contributed by atoms with Crippen molar-refractivity contribution in [3.05, 3.63) is 60.8 Å². The summed E-state index contributed by atoms with van der Waals surface area (Å²) >= 11 is 0. The zero-order chi connectivity index (χ0) is 27.1. The van der Waals surface area contributed by atoms with Gasteiger partial charge >= 0.3 is 0 Å². The molecule has 1 fully saturated rings. The average Bonchev–Trinajstić information content (AvgIpc) is 3.31. The van der Waals surface area contributed by atoms with E-state index in [0.29, 0.717) is 5.95 Å². The Morgan fingerprint density at radius 3 is 2.45 bits per heavy atom. The topological polar surface area (TPSA) is 123 Å². The lowest BCUT2D eigenvalue weighted by Gasteiger charge is -2.29. The van der Waals surface area contributed by atoms with Crippen molar-refractivity contribution < 1.29 is 10.2 Å². The van der Waals surface area contributed by atoms with Crippen LogP contribution in [0.5, 0.6) is 0 Å². The zero-order valence-corrected chi connectivity index (χ0v) is 22.5. The number of rotatable bonds is 6. The van der Waals surface area contributed by atoms with Crippen LogP contribution in [-0.2, 0) is 0 Å². The molecule has 5 N–H and O–H groups in total. The highest BCUT2D eigenvalue weighted by Crippen LogP contribution is 2.26. The highest BCUT2D eigenvalue weighted by atomic mass is 16.3. The van der Waals surface area contributed by atoms with Crippen molar-refractivity contribution in [1.29, 1.82) is 0 Å². The molecule has 38 heavy (non-hydrogen) atoms. The first kappa shape index (κ1) is 27.3. The highest BCUT2D eigenvalue weighted by molar-refractivity contribution is 5.68. The predicted octanol–water partition coefficient (Wildman–Crippen LogP) is 3.51. The molecule has 4 heterocycles. The van der Waals surface area contributed by atoms with Crippen LogP contribution in [0.2, 0.25) is 0 Å². The minimum Gasteiger partial charge on any atom is -0.394 e. The SMILES string of the molecule is CC(C)(C)Nc1cccc(-c2cccc3nc(Nc4ccc(N5CCNCC5)cn4)nn23)c1.CC(O)CO. The minimum absolute atomic E-state index is 0.0115. The van der Waals surface area contributed by atoms with E-state index < -0.39 is 6.10 Å². The Balaban J connectivity index is 0.000000617. The van der Waals surface area contributed by atoms with Crippen molar-refractivity contribution in [2.45, 2.75) is 39.3 Å². The van der Waals surface area contributed by atoms with E-state index in [1.807, 2.05) is 28.9 Å². The molecule has 1 atom stereocenters. The zero-order valence-electron chi connectivity index (χ0n) is 22.5. The molecule has 0 bridgehead atoms. The first-order valence-electron chi connectivity index (χ1n) is 12.9. The summed E-state index contributed by atoms with van der Waals surface area (Å²) in [5.74, 6) is 1.25. The van der Waals surface area contributed by atoms with Crippen molar-refractivity contribution in [2.24, 2.45) is 0 Å². The lowest BCUT2D eigenvalue weighted by atomic mass is 10.1. The van der Waals surface area contributed by atoms with Crippen LogP contribution in [0, 0.1) is 0 Å². The van der Waals surface area contributed by atoms with Gasteiger partial charge in [0.1, 0.15) is 5.82 Å². The lowest BCUT2D eigenvalue weighted by Crippen LogP contribution is -2.43.